The molecular formula is C17H27NO3. The van der Waals surface area contributed by atoms with E-state index in [4.69, 9.17) is 9.47 Å². The summed E-state index contributed by atoms with van der Waals surface area (Å²) >= 11 is 0. The average molecular weight is 293 g/mol. The molecule has 2 rings (SSSR count). The Morgan fingerprint density at radius 1 is 1.33 bits per heavy atom. The number of rotatable bonds is 6. The van der Waals surface area contributed by atoms with E-state index < -0.39 is 6.10 Å². The third-order valence-electron chi connectivity index (χ3n) is 3.75. The Balaban J connectivity index is 1.89. The molecule has 0 aliphatic carbocycles. The molecule has 0 saturated carbocycles. The van der Waals surface area contributed by atoms with Crippen molar-refractivity contribution in [3.05, 3.63) is 29.8 Å². The van der Waals surface area contributed by atoms with Gasteiger partial charge < -0.3 is 14.6 Å². The van der Waals surface area contributed by atoms with Crippen molar-refractivity contribution in [1.82, 2.24) is 4.90 Å². The molecule has 0 amide bonds. The summed E-state index contributed by atoms with van der Waals surface area (Å²) in [5.74, 6) is 0.846. The van der Waals surface area contributed by atoms with E-state index in [0.29, 0.717) is 12.6 Å². The molecule has 2 atom stereocenters. The van der Waals surface area contributed by atoms with Gasteiger partial charge in [0.05, 0.1) is 24.9 Å². The van der Waals surface area contributed by atoms with Gasteiger partial charge in [-0.2, -0.15) is 0 Å². The summed E-state index contributed by atoms with van der Waals surface area (Å²) in [6.07, 6.45) is 1.02. The molecule has 4 heteroatoms. The molecule has 1 heterocycles. The summed E-state index contributed by atoms with van der Waals surface area (Å²) in [5.41, 5.74) is 0.936. The molecule has 0 bridgehead atoms. The zero-order valence-corrected chi connectivity index (χ0v) is 13.3. The van der Waals surface area contributed by atoms with Crippen LogP contribution >= 0.6 is 0 Å². The number of ether oxygens (including phenoxy) is 2. The predicted octanol–water partition coefficient (Wildman–Crippen LogP) is 2.62. The Labute approximate surface area is 127 Å². The van der Waals surface area contributed by atoms with E-state index >= 15 is 0 Å². The maximum atomic E-state index is 10.4. The van der Waals surface area contributed by atoms with Crippen molar-refractivity contribution in [3.63, 3.8) is 0 Å². The van der Waals surface area contributed by atoms with Gasteiger partial charge in [0.1, 0.15) is 5.75 Å². The van der Waals surface area contributed by atoms with Crippen LogP contribution < -0.4 is 4.74 Å². The number of hydrogen-bond acceptors (Lipinski definition) is 4. The van der Waals surface area contributed by atoms with Crippen molar-refractivity contribution >= 4 is 0 Å². The SMILES string of the molecule is CCC1CN(CC(O)c2ccc(OC(C)C)cc2)CCO1. The lowest BCUT2D eigenvalue weighted by atomic mass is 10.1. The number of nitrogens with zero attached hydrogens (tertiary/aromatic N) is 1. The monoisotopic (exact) mass is 293 g/mol. The van der Waals surface area contributed by atoms with Gasteiger partial charge in [-0.3, -0.25) is 4.90 Å². The van der Waals surface area contributed by atoms with E-state index in [-0.39, 0.29) is 6.10 Å². The second-order valence-electron chi connectivity index (χ2n) is 5.91. The summed E-state index contributed by atoms with van der Waals surface area (Å²) in [7, 11) is 0. The number of hydrogen-bond donors (Lipinski definition) is 1. The first-order valence-electron chi connectivity index (χ1n) is 7.87. The average Bonchev–Trinajstić information content (AvgIpc) is 2.47. The lowest BCUT2D eigenvalue weighted by Crippen LogP contribution is -2.43. The van der Waals surface area contributed by atoms with Gasteiger partial charge in [0.2, 0.25) is 0 Å². The van der Waals surface area contributed by atoms with E-state index in [9.17, 15) is 5.11 Å². The standard InChI is InChI=1S/C17H27NO3/c1-4-15-11-18(9-10-20-15)12-17(19)14-5-7-16(8-6-14)21-13(2)3/h5-8,13,15,17,19H,4,9-12H2,1-3H3. The van der Waals surface area contributed by atoms with Crippen molar-refractivity contribution in [1.29, 1.82) is 0 Å². The smallest absolute Gasteiger partial charge is 0.119 e. The van der Waals surface area contributed by atoms with Crippen LogP contribution in [0.15, 0.2) is 24.3 Å². The van der Waals surface area contributed by atoms with Crippen LogP contribution in [-0.4, -0.2) is 48.5 Å². The van der Waals surface area contributed by atoms with Gasteiger partial charge in [-0.1, -0.05) is 19.1 Å². The van der Waals surface area contributed by atoms with Crippen LogP contribution in [0.5, 0.6) is 5.75 Å². The largest absolute Gasteiger partial charge is 0.491 e. The van der Waals surface area contributed by atoms with Crippen LogP contribution in [0.25, 0.3) is 0 Å². The van der Waals surface area contributed by atoms with Crippen molar-refractivity contribution in [2.24, 2.45) is 0 Å². The summed E-state index contributed by atoms with van der Waals surface area (Å²) in [5, 5.41) is 10.4. The van der Waals surface area contributed by atoms with Crippen LogP contribution in [0.3, 0.4) is 0 Å². The first-order valence-corrected chi connectivity index (χ1v) is 7.87. The Bertz CT molecular complexity index is 419. The van der Waals surface area contributed by atoms with Crippen LogP contribution in [0.2, 0.25) is 0 Å². The minimum absolute atomic E-state index is 0.167. The van der Waals surface area contributed by atoms with Crippen molar-refractivity contribution < 1.29 is 14.6 Å². The normalized spacial score (nSPS) is 21.5. The molecule has 1 N–H and O–H groups in total. The lowest BCUT2D eigenvalue weighted by molar-refractivity contribution is -0.0418. The highest BCUT2D eigenvalue weighted by molar-refractivity contribution is 5.28. The molecular weight excluding hydrogens is 266 g/mol. The van der Waals surface area contributed by atoms with Crippen LogP contribution in [0, 0.1) is 0 Å². The molecule has 1 saturated heterocycles. The van der Waals surface area contributed by atoms with Gasteiger partial charge in [0.25, 0.3) is 0 Å². The molecule has 0 spiro atoms. The van der Waals surface area contributed by atoms with E-state index in [1.807, 2.05) is 38.1 Å². The Kier molecular flexibility index (Phi) is 6.03. The quantitative estimate of drug-likeness (QED) is 0.875. The molecule has 1 aromatic carbocycles. The van der Waals surface area contributed by atoms with Gasteiger partial charge >= 0.3 is 0 Å². The number of β-amino-alcohol motifs (C(OH)–C–C–N with tert-alkyl or cyclic N) is 1. The van der Waals surface area contributed by atoms with Gasteiger partial charge in [0, 0.05) is 19.6 Å². The van der Waals surface area contributed by atoms with Crippen molar-refractivity contribution in [3.8, 4) is 5.75 Å². The minimum atomic E-state index is -0.464. The first kappa shape index (κ1) is 16.3. The second kappa shape index (κ2) is 7.78. The Morgan fingerprint density at radius 3 is 2.67 bits per heavy atom. The van der Waals surface area contributed by atoms with Gasteiger partial charge in [-0.05, 0) is 38.0 Å². The van der Waals surface area contributed by atoms with Crippen LogP contribution in [0.4, 0.5) is 0 Å². The van der Waals surface area contributed by atoms with Gasteiger partial charge in [-0.15, -0.1) is 0 Å². The zero-order valence-electron chi connectivity index (χ0n) is 13.3. The van der Waals surface area contributed by atoms with Crippen LogP contribution in [-0.2, 0) is 4.74 Å². The van der Waals surface area contributed by atoms with Crippen LogP contribution in [0.1, 0.15) is 38.9 Å². The summed E-state index contributed by atoms with van der Waals surface area (Å²) in [6.45, 7) is 9.36. The fourth-order valence-electron chi connectivity index (χ4n) is 2.58. The first-order chi connectivity index (χ1) is 10.1. The summed E-state index contributed by atoms with van der Waals surface area (Å²) < 4.78 is 11.3. The number of aliphatic hydroxyl groups is 1. The number of benzene rings is 1. The third-order valence-corrected chi connectivity index (χ3v) is 3.75. The lowest BCUT2D eigenvalue weighted by Gasteiger charge is -2.33. The predicted molar refractivity (Wildman–Crippen MR) is 83.6 cm³/mol. The fraction of sp³-hybridized carbons (Fsp3) is 0.647. The number of aliphatic hydroxyl groups excluding tert-OH is 1. The van der Waals surface area contributed by atoms with Gasteiger partial charge in [-0.25, -0.2) is 0 Å². The molecule has 1 aliphatic rings. The van der Waals surface area contributed by atoms with E-state index in [2.05, 4.69) is 11.8 Å². The molecule has 0 radical (unpaired) electrons. The highest BCUT2D eigenvalue weighted by atomic mass is 16.5. The maximum absolute atomic E-state index is 10.4. The molecule has 118 valence electrons. The highest BCUT2D eigenvalue weighted by Crippen LogP contribution is 2.20. The molecule has 0 aromatic heterocycles. The molecule has 1 fully saturated rings. The highest BCUT2D eigenvalue weighted by Gasteiger charge is 2.21. The van der Waals surface area contributed by atoms with E-state index in [0.717, 1.165) is 37.4 Å². The van der Waals surface area contributed by atoms with Crippen molar-refractivity contribution in [2.75, 3.05) is 26.2 Å². The topological polar surface area (TPSA) is 41.9 Å². The minimum Gasteiger partial charge on any atom is -0.491 e. The molecule has 1 aromatic rings. The Morgan fingerprint density at radius 2 is 2.05 bits per heavy atom. The third kappa shape index (κ3) is 4.99. The summed E-state index contributed by atoms with van der Waals surface area (Å²) in [6, 6.07) is 7.74. The second-order valence-corrected chi connectivity index (χ2v) is 5.91. The molecule has 2 unspecified atom stereocenters. The Hall–Kier alpha value is -1.10. The zero-order chi connectivity index (χ0) is 15.2. The van der Waals surface area contributed by atoms with E-state index in [1.54, 1.807) is 0 Å². The van der Waals surface area contributed by atoms with E-state index in [1.165, 1.54) is 0 Å². The molecule has 1 aliphatic heterocycles. The fourth-order valence-corrected chi connectivity index (χ4v) is 2.58. The molecule has 4 nitrogen and oxygen atoms in total. The summed E-state index contributed by atoms with van der Waals surface area (Å²) in [4.78, 5) is 2.28. The molecule has 21 heavy (non-hydrogen) atoms. The van der Waals surface area contributed by atoms with Crippen molar-refractivity contribution in [2.45, 2.75) is 45.5 Å². The number of morpholine rings is 1. The maximum Gasteiger partial charge on any atom is 0.119 e. The van der Waals surface area contributed by atoms with Gasteiger partial charge in [0.15, 0.2) is 0 Å².